The van der Waals surface area contributed by atoms with E-state index >= 15 is 0 Å². The molecule has 0 bridgehead atoms. The van der Waals surface area contributed by atoms with Crippen LogP contribution in [0.3, 0.4) is 0 Å². The fourth-order valence-corrected chi connectivity index (χ4v) is 2.27. The Kier molecular flexibility index (Phi) is 5.35. The minimum Gasteiger partial charge on any atom is -0.312 e. The van der Waals surface area contributed by atoms with Crippen molar-refractivity contribution in [3.8, 4) is 0 Å². The quantitative estimate of drug-likeness (QED) is 0.795. The third-order valence-electron chi connectivity index (χ3n) is 2.84. The van der Waals surface area contributed by atoms with Crippen LogP contribution in [0, 0.1) is 11.6 Å². The monoisotopic (exact) mass is 315 g/mol. The summed E-state index contributed by atoms with van der Waals surface area (Å²) in [4.78, 5) is 0. The van der Waals surface area contributed by atoms with Gasteiger partial charge < -0.3 is 5.32 Å². The van der Waals surface area contributed by atoms with E-state index in [1.807, 2.05) is 0 Å². The number of hydrogen-bond donors (Lipinski definition) is 1. The summed E-state index contributed by atoms with van der Waals surface area (Å²) >= 11 is 11.9. The highest BCUT2D eigenvalue weighted by atomic mass is 35.5. The van der Waals surface area contributed by atoms with Crippen molar-refractivity contribution >= 4 is 23.2 Å². The number of hydrogen-bond acceptors (Lipinski definition) is 1. The molecule has 0 spiro atoms. The summed E-state index contributed by atoms with van der Waals surface area (Å²) < 4.78 is 26.0. The summed E-state index contributed by atoms with van der Waals surface area (Å²) in [6.07, 6.45) is 0.535. The summed E-state index contributed by atoms with van der Waals surface area (Å²) in [5.41, 5.74) is 1.51. The number of nitrogens with one attached hydrogen (secondary N) is 1. The lowest BCUT2D eigenvalue weighted by Crippen LogP contribution is -2.17. The van der Waals surface area contributed by atoms with Gasteiger partial charge in [-0.15, -0.1) is 0 Å². The Morgan fingerprint density at radius 3 is 2.35 bits per heavy atom. The lowest BCUT2D eigenvalue weighted by atomic mass is 10.1. The molecule has 0 aliphatic rings. The zero-order chi connectivity index (χ0) is 14.5. The molecule has 5 heteroatoms. The molecule has 1 nitrogen and oxygen atoms in total. The van der Waals surface area contributed by atoms with Gasteiger partial charge in [0, 0.05) is 22.7 Å². The molecule has 0 heterocycles. The summed E-state index contributed by atoms with van der Waals surface area (Å²) in [5.74, 6) is -1.12. The van der Waals surface area contributed by atoms with Crippen molar-refractivity contribution in [1.29, 1.82) is 0 Å². The second kappa shape index (κ2) is 7.02. The largest absolute Gasteiger partial charge is 0.312 e. The minimum absolute atomic E-state index is 0.535. The van der Waals surface area contributed by atoms with Crippen molar-refractivity contribution in [3.05, 3.63) is 69.2 Å². The molecule has 2 aromatic carbocycles. The molecule has 106 valence electrons. The first-order valence-corrected chi connectivity index (χ1v) is 6.90. The highest BCUT2D eigenvalue weighted by molar-refractivity contribution is 6.33. The number of benzene rings is 2. The van der Waals surface area contributed by atoms with Gasteiger partial charge in [0.1, 0.15) is 11.6 Å². The SMILES string of the molecule is Fc1cc(F)cc(CCNCc2cc(Cl)ccc2Cl)c1. The van der Waals surface area contributed by atoms with Crippen LogP contribution in [0.1, 0.15) is 11.1 Å². The Bertz CT molecular complexity index is 582. The zero-order valence-corrected chi connectivity index (χ0v) is 12.1. The molecule has 0 aliphatic carbocycles. The third kappa shape index (κ3) is 4.44. The Morgan fingerprint density at radius 2 is 1.65 bits per heavy atom. The lowest BCUT2D eigenvalue weighted by Gasteiger charge is -2.07. The second-order valence-corrected chi connectivity index (χ2v) is 5.28. The normalized spacial score (nSPS) is 10.8. The summed E-state index contributed by atoms with van der Waals surface area (Å²) in [6.45, 7) is 1.14. The molecule has 0 fully saturated rings. The van der Waals surface area contributed by atoms with Gasteiger partial charge in [-0.05, 0) is 54.4 Å². The molecule has 1 N–H and O–H groups in total. The van der Waals surface area contributed by atoms with Gasteiger partial charge in [0.15, 0.2) is 0 Å². The Balaban J connectivity index is 1.86. The van der Waals surface area contributed by atoms with Crippen LogP contribution < -0.4 is 5.32 Å². The maximum atomic E-state index is 13.0. The standard InChI is InChI=1S/C15H13Cl2F2N/c16-12-1-2-15(17)11(7-12)9-20-4-3-10-5-13(18)8-14(19)6-10/h1-2,5-8,20H,3-4,9H2. The van der Waals surface area contributed by atoms with Gasteiger partial charge in [-0.2, -0.15) is 0 Å². The minimum atomic E-state index is -0.558. The summed E-state index contributed by atoms with van der Waals surface area (Å²) in [7, 11) is 0. The van der Waals surface area contributed by atoms with E-state index in [2.05, 4.69) is 5.32 Å². The van der Waals surface area contributed by atoms with Crippen LogP contribution in [0.25, 0.3) is 0 Å². The van der Waals surface area contributed by atoms with Gasteiger partial charge in [-0.3, -0.25) is 0 Å². The number of halogens is 4. The van der Waals surface area contributed by atoms with E-state index in [1.54, 1.807) is 18.2 Å². The molecule has 2 rings (SSSR count). The maximum Gasteiger partial charge on any atom is 0.126 e. The lowest BCUT2D eigenvalue weighted by molar-refractivity contribution is 0.577. The van der Waals surface area contributed by atoms with Crippen LogP contribution in [0.2, 0.25) is 10.0 Å². The zero-order valence-electron chi connectivity index (χ0n) is 10.6. The van der Waals surface area contributed by atoms with Gasteiger partial charge in [0.2, 0.25) is 0 Å². The van der Waals surface area contributed by atoms with E-state index in [0.29, 0.717) is 35.1 Å². The van der Waals surface area contributed by atoms with Gasteiger partial charge in [0.25, 0.3) is 0 Å². The van der Waals surface area contributed by atoms with Crippen LogP contribution in [0.5, 0.6) is 0 Å². The second-order valence-electron chi connectivity index (χ2n) is 4.44. The Morgan fingerprint density at radius 1 is 0.950 bits per heavy atom. The van der Waals surface area contributed by atoms with E-state index in [-0.39, 0.29) is 0 Å². The van der Waals surface area contributed by atoms with Crippen molar-refractivity contribution in [2.75, 3.05) is 6.54 Å². The first-order valence-electron chi connectivity index (χ1n) is 6.14. The summed E-state index contributed by atoms with van der Waals surface area (Å²) in [5, 5.41) is 4.43. The van der Waals surface area contributed by atoms with Crippen molar-refractivity contribution in [2.24, 2.45) is 0 Å². The van der Waals surface area contributed by atoms with Crippen molar-refractivity contribution < 1.29 is 8.78 Å². The van der Waals surface area contributed by atoms with Gasteiger partial charge >= 0.3 is 0 Å². The van der Waals surface area contributed by atoms with E-state index in [1.165, 1.54) is 12.1 Å². The molecule has 0 atom stereocenters. The van der Waals surface area contributed by atoms with Crippen LogP contribution in [-0.4, -0.2) is 6.54 Å². The van der Waals surface area contributed by atoms with Gasteiger partial charge in [0.05, 0.1) is 0 Å². The molecule has 20 heavy (non-hydrogen) atoms. The summed E-state index contributed by atoms with van der Waals surface area (Å²) in [6, 6.07) is 8.78. The highest BCUT2D eigenvalue weighted by Gasteiger charge is 2.03. The van der Waals surface area contributed by atoms with E-state index in [9.17, 15) is 8.78 Å². The molecule has 2 aromatic rings. The van der Waals surface area contributed by atoms with Crippen molar-refractivity contribution in [1.82, 2.24) is 5.32 Å². The predicted octanol–water partition coefficient (Wildman–Crippen LogP) is 4.60. The van der Waals surface area contributed by atoms with Crippen LogP contribution in [0.15, 0.2) is 36.4 Å². The van der Waals surface area contributed by atoms with E-state index in [0.717, 1.165) is 11.6 Å². The first kappa shape index (κ1) is 15.2. The molecule has 0 aliphatic heterocycles. The molecule has 0 aromatic heterocycles. The molecule has 0 amide bonds. The molecule has 0 saturated heterocycles. The topological polar surface area (TPSA) is 12.0 Å². The fraction of sp³-hybridized carbons (Fsp3) is 0.200. The van der Waals surface area contributed by atoms with Crippen LogP contribution in [0.4, 0.5) is 8.78 Å². The van der Waals surface area contributed by atoms with Gasteiger partial charge in [-0.25, -0.2) is 8.78 Å². The maximum absolute atomic E-state index is 13.0. The van der Waals surface area contributed by atoms with E-state index < -0.39 is 11.6 Å². The third-order valence-corrected chi connectivity index (χ3v) is 3.44. The Hall–Kier alpha value is -1.16. The average Bonchev–Trinajstić information content (AvgIpc) is 2.37. The number of rotatable bonds is 5. The average molecular weight is 316 g/mol. The predicted molar refractivity (Wildman–Crippen MR) is 78.2 cm³/mol. The van der Waals surface area contributed by atoms with Crippen molar-refractivity contribution in [3.63, 3.8) is 0 Å². The molecule has 0 radical (unpaired) electrons. The Labute approximate surface area is 126 Å². The molecular formula is C15H13Cl2F2N. The molecule has 0 unspecified atom stereocenters. The van der Waals surface area contributed by atoms with Crippen molar-refractivity contribution in [2.45, 2.75) is 13.0 Å². The highest BCUT2D eigenvalue weighted by Crippen LogP contribution is 2.20. The first-order chi connectivity index (χ1) is 9.54. The molecule has 0 saturated carbocycles. The van der Waals surface area contributed by atoms with E-state index in [4.69, 9.17) is 23.2 Å². The molecular weight excluding hydrogens is 303 g/mol. The van der Waals surface area contributed by atoms with Gasteiger partial charge in [-0.1, -0.05) is 23.2 Å². The smallest absolute Gasteiger partial charge is 0.126 e. The van der Waals surface area contributed by atoms with Crippen LogP contribution in [-0.2, 0) is 13.0 Å². The fourth-order valence-electron chi connectivity index (χ4n) is 1.89. The van der Waals surface area contributed by atoms with Crippen LogP contribution >= 0.6 is 23.2 Å².